The Morgan fingerprint density at radius 3 is 2.17 bits per heavy atom. The maximum atomic E-state index is 12.5. The number of ether oxygens (including phenoxy) is 2. The van der Waals surface area contributed by atoms with Crippen LogP contribution in [0, 0.1) is 18.8 Å². The van der Waals surface area contributed by atoms with E-state index in [2.05, 4.69) is 0 Å². The second kappa shape index (κ2) is 6.73. The Labute approximate surface area is 140 Å². The zero-order valence-corrected chi connectivity index (χ0v) is 14.2. The van der Waals surface area contributed by atoms with Crippen LogP contribution < -0.4 is 0 Å². The number of carbonyl (C=O) groups excluding carboxylic acids is 3. The number of aliphatic hydroxyl groups is 1. The van der Waals surface area contributed by atoms with Gasteiger partial charge in [0.05, 0.1) is 25.7 Å². The van der Waals surface area contributed by atoms with E-state index in [-0.39, 0.29) is 6.42 Å². The van der Waals surface area contributed by atoms with Crippen molar-refractivity contribution >= 4 is 17.7 Å². The lowest BCUT2D eigenvalue weighted by molar-refractivity contribution is -0.170. The van der Waals surface area contributed by atoms with Gasteiger partial charge in [0, 0.05) is 12.3 Å². The SMILES string of the molecule is COC(=O)[C@@H]1C(=O)C[C@](C)(O)[C@H](C(=O)OC)[C@H]1c1ccc(C)cc1. The Bertz CT molecular complexity index is 646. The summed E-state index contributed by atoms with van der Waals surface area (Å²) < 4.78 is 9.61. The molecular formula is C18H22O6. The van der Waals surface area contributed by atoms with Gasteiger partial charge in [0.1, 0.15) is 5.92 Å². The van der Waals surface area contributed by atoms with Crippen molar-refractivity contribution in [2.75, 3.05) is 14.2 Å². The second-order valence-corrected chi connectivity index (χ2v) is 6.44. The van der Waals surface area contributed by atoms with Gasteiger partial charge in [-0.05, 0) is 19.4 Å². The first-order valence-corrected chi connectivity index (χ1v) is 7.70. The highest BCUT2D eigenvalue weighted by atomic mass is 16.5. The average molecular weight is 334 g/mol. The predicted octanol–water partition coefficient (Wildman–Crippen LogP) is 1.38. The van der Waals surface area contributed by atoms with Crippen LogP contribution in [0.2, 0.25) is 0 Å². The fraction of sp³-hybridized carbons (Fsp3) is 0.500. The normalized spacial score (nSPS) is 29.9. The number of rotatable bonds is 3. The summed E-state index contributed by atoms with van der Waals surface area (Å²) in [5, 5.41) is 10.7. The van der Waals surface area contributed by atoms with E-state index in [1.807, 2.05) is 19.1 Å². The molecule has 4 atom stereocenters. The number of ketones is 1. The fourth-order valence-corrected chi connectivity index (χ4v) is 3.46. The van der Waals surface area contributed by atoms with E-state index in [4.69, 9.17) is 9.47 Å². The van der Waals surface area contributed by atoms with Gasteiger partial charge in [-0.1, -0.05) is 29.8 Å². The third-order valence-corrected chi connectivity index (χ3v) is 4.64. The number of benzene rings is 1. The second-order valence-electron chi connectivity index (χ2n) is 6.44. The number of carbonyl (C=O) groups is 3. The van der Waals surface area contributed by atoms with Gasteiger partial charge in [-0.3, -0.25) is 14.4 Å². The molecule has 1 aromatic rings. The molecule has 0 bridgehead atoms. The third kappa shape index (κ3) is 3.19. The van der Waals surface area contributed by atoms with E-state index in [9.17, 15) is 19.5 Å². The van der Waals surface area contributed by atoms with Crippen LogP contribution in [-0.4, -0.2) is 42.6 Å². The highest BCUT2D eigenvalue weighted by Crippen LogP contribution is 2.46. The maximum Gasteiger partial charge on any atom is 0.316 e. The zero-order valence-electron chi connectivity index (χ0n) is 14.2. The van der Waals surface area contributed by atoms with Gasteiger partial charge in [0.2, 0.25) is 0 Å². The van der Waals surface area contributed by atoms with E-state index in [0.717, 1.165) is 5.56 Å². The topological polar surface area (TPSA) is 89.9 Å². The van der Waals surface area contributed by atoms with Crippen molar-refractivity contribution < 1.29 is 29.0 Å². The molecule has 1 aliphatic rings. The smallest absolute Gasteiger partial charge is 0.316 e. The molecule has 0 amide bonds. The van der Waals surface area contributed by atoms with Gasteiger partial charge in [0.25, 0.3) is 0 Å². The molecule has 0 saturated heterocycles. The quantitative estimate of drug-likeness (QED) is 0.663. The molecule has 0 spiro atoms. The number of methoxy groups -OCH3 is 2. The summed E-state index contributed by atoms with van der Waals surface area (Å²) >= 11 is 0. The molecule has 2 rings (SSSR count). The lowest BCUT2D eigenvalue weighted by atomic mass is 9.61. The molecule has 0 radical (unpaired) electrons. The van der Waals surface area contributed by atoms with Crippen LogP contribution in [0.4, 0.5) is 0 Å². The number of hydrogen-bond donors (Lipinski definition) is 1. The first-order valence-electron chi connectivity index (χ1n) is 7.70. The van der Waals surface area contributed by atoms with Gasteiger partial charge in [-0.25, -0.2) is 0 Å². The minimum absolute atomic E-state index is 0.311. The summed E-state index contributed by atoms with van der Waals surface area (Å²) in [6.07, 6.45) is -0.311. The average Bonchev–Trinajstić information content (AvgIpc) is 2.53. The van der Waals surface area contributed by atoms with Crippen molar-refractivity contribution in [3.63, 3.8) is 0 Å². The van der Waals surface area contributed by atoms with Crippen LogP contribution in [0.3, 0.4) is 0 Å². The molecule has 1 saturated carbocycles. The van der Waals surface area contributed by atoms with Crippen LogP contribution >= 0.6 is 0 Å². The molecule has 24 heavy (non-hydrogen) atoms. The highest BCUT2D eigenvalue weighted by Gasteiger charge is 2.56. The molecule has 0 unspecified atom stereocenters. The van der Waals surface area contributed by atoms with Crippen molar-refractivity contribution in [2.45, 2.75) is 31.8 Å². The van der Waals surface area contributed by atoms with Crippen LogP contribution in [0.15, 0.2) is 24.3 Å². The van der Waals surface area contributed by atoms with Gasteiger partial charge >= 0.3 is 11.9 Å². The molecule has 130 valence electrons. The van der Waals surface area contributed by atoms with Crippen LogP contribution in [-0.2, 0) is 23.9 Å². The monoisotopic (exact) mass is 334 g/mol. The first-order chi connectivity index (χ1) is 11.2. The van der Waals surface area contributed by atoms with E-state index in [1.165, 1.54) is 21.1 Å². The van der Waals surface area contributed by atoms with Crippen LogP contribution in [0.5, 0.6) is 0 Å². The van der Waals surface area contributed by atoms with Crippen molar-refractivity contribution in [2.24, 2.45) is 11.8 Å². The third-order valence-electron chi connectivity index (χ3n) is 4.64. The summed E-state index contributed by atoms with van der Waals surface area (Å²) in [5.74, 6) is -4.87. The Morgan fingerprint density at radius 1 is 1.12 bits per heavy atom. The molecule has 0 aliphatic heterocycles. The van der Waals surface area contributed by atoms with Crippen molar-refractivity contribution in [1.29, 1.82) is 0 Å². The Morgan fingerprint density at radius 2 is 1.67 bits per heavy atom. The van der Waals surface area contributed by atoms with E-state index >= 15 is 0 Å². The minimum Gasteiger partial charge on any atom is -0.469 e. The van der Waals surface area contributed by atoms with Gasteiger partial charge < -0.3 is 14.6 Å². The summed E-state index contributed by atoms with van der Waals surface area (Å²) in [6.45, 7) is 3.32. The Hall–Kier alpha value is -2.21. The molecule has 1 N–H and O–H groups in total. The van der Waals surface area contributed by atoms with Gasteiger partial charge in [-0.2, -0.15) is 0 Å². The van der Waals surface area contributed by atoms with Crippen LogP contribution in [0.25, 0.3) is 0 Å². The minimum atomic E-state index is -1.61. The highest BCUT2D eigenvalue weighted by molar-refractivity contribution is 6.02. The molecule has 0 heterocycles. The Balaban J connectivity index is 2.63. The maximum absolute atomic E-state index is 12.5. The summed E-state index contributed by atoms with van der Waals surface area (Å²) in [4.78, 5) is 37.1. The standard InChI is InChI=1S/C18H22O6/c1-10-5-7-11(8-6-10)13-14(16(20)23-3)12(19)9-18(2,22)15(13)17(21)24-4/h5-8,13-15,22H,9H2,1-4H3/t13-,14+,15-,18-/m0/s1. The van der Waals surface area contributed by atoms with Crippen molar-refractivity contribution in [1.82, 2.24) is 0 Å². The van der Waals surface area contributed by atoms with Gasteiger partial charge in [0.15, 0.2) is 5.78 Å². The summed E-state index contributed by atoms with van der Waals surface area (Å²) in [6, 6.07) is 7.15. The fourth-order valence-electron chi connectivity index (χ4n) is 3.46. The molecule has 1 aliphatic carbocycles. The lowest BCUT2D eigenvalue weighted by Crippen LogP contribution is -2.55. The zero-order chi connectivity index (χ0) is 18.1. The molecule has 6 heteroatoms. The lowest BCUT2D eigenvalue weighted by Gasteiger charge is -2.43. The first kappa shape index (κ1) is 18.1. The van der Waals surface area contributed by atoms with E-state index in [0.29, 0.717) is 5.56 Å². The van der Waals surface area contributed by atoms with Crippen molar-refractivity contribution in [3.8, 4) is 0 Å². The van der Waals surface area contributed by atoms with E-state index in [1.54, 1.807) is 12.1 Å². The number of hydrogen-bond acceptors (Lipinski definition) is 6. The summed E-state index contributed by atoms with van der Waals surface area (Å²) in [7, 11) is 2.41. The van der Waals surface area contributed by atoms with E-state index < -0.39 is 41.1 Å². The molecule has 1 fully saturated rings. The van der Waals surface area contributed by atoms with Crippen molar-refractivity contribution in [3.05, 3.63) is 35.4 Å². The number of Topliss-reactive ketones (excluding diaryl/α,β-unsaturated/α-hetero) is 1. The number of aryl methyl sites for hydroxylation is 1. The summed E-state index contributed by atoms with van der Waals surface area (Å²) in [5.41, 5.74) is 0.00108. The predicted molar refractivity (Wildman–Crippen MR) is 85.2 cm³/mol. The molecule has 1 aromatic carbocycles. The molecule has 6 nitrogen and oxygen atoms in total. The Kier molecular flexibility index (Phi) is 5.08. The van der Waals surface area contributed by atoms with Gasteiger partial charge in [-0.15, -0.1) is 0 Å². The molecular weight excluding hydrogens is 312 g/mol. The number of esters is 2. The largest absolute Gasteiger partial charge is 0.469 e. The van der Waals surface area contributed by atoms with Crippen LogP contribution in [0.1, 0.15) is 30.4 Å². The molecule has 0 aromatic heterocycles.